The molecule has 0 saturated heterocycles. The van der Waals surface area contributed by atoms with E-state index in [2.05, 4.69) is 15.9 Å². The summed E-state index contributed by atoms with van der Waals surface area (Å²) in [4.78, 5) is 12.0. The summed E-state index contributed by atoms with van der Waals surface area (Å²) in [6.07, 6.45) is 1.55. The van der Waals surface area contributed by atoms with Crippen LogP contribution >= 0.6 is 27.5 Å². The molecular weight excluding hydrogens is 478 g/mol. The molecule has 0 fully saturated rings. The third-order valence-corrected chi connectivity index (χ3v) is 7.75. The number of rotatable bonds is 4. The number of carboxylic acid groups (broad SMARTS) is 1. The van der Waals surface area contributed by atoms with Crippen LogP contribution in [0.5, 0.6) is 0 Å². The van der Waals surface area contributed by atoms with Gasteiger partial charge in [-0.3, -0.25) is 0 Å². The Bertz CT molecular complexity index is 1070. The van der Waals surface area contributed by atoms with Crippen LogP contribution in [-0.2, 0) is 14.8 Å². The zero-order valence-electron chi connectivity index (χ0n) is 16.1. The predicted octanol–water partition coefficient (Wildman–Crippen LogP) is 5.27. The van der Waals surface area contributed by atoms with Crippen LogP contribution in [-0.4, -0.2) is 29.8 Å². The van der Waals surface area contributed by atoms with Gasteiger partial charge in [-0.15, -0.1) is 0 Å². The number of halogens is 2. The van der Waals surface area contributed by atoms with Crippen molar-refractivity contribution < 1.29 is 18.3 Å². The lowest BCUT2D eigenvalue weighted by Crippen LogP contribution is -2.45. The van der Waals surface area contributed by atoms with E-state index >= 15 is 0 Å². The van der Waals surface area contributed by atoms with Crippen LogP contribution in [0.3, 0.4) is 0 Å². The predicted molar refractivity (Wildman–Crippen MR) is 116 cm³/mol. The Morgan fingerprint density at radius 1 is 1.10 bits per heavy atom. The monoisotopic (exact) mass is 497 g/mol. The number of hydrogen-bond acceptors (Lipinski definition) is 3. The van der Waals surface area contributed by atoms with E-state index in [1.165, 1.54) is 16.4 Å². The number of sulfonamides is 1. The summed E-state index contributed by atoms with van der Waals surface area (Å²) < 4.78 is 29.6. The lowest BCUT2D eigenvalue weighted by molar-refractivity contribution is -0.133. The van der Waals surface area contributed by atoms with Gasteiger partial charge in [0.15, 0.2) is 0 Å². The van der Waals surface area contributed by atoms with Gasteiger partial charge in [-0.25, -0.2) is 13.2 Å². The van der Waals surface area contributed by atoms with Crippen LogP contribution in [0.2, 0.25) is 5.02 Å². The summed E-state index contributed by atoms with van der Waals surface area (Å²) in [6.45, 7) is 5.64. The third kappa shape index (κ3) is 4.14. The molecule has 8 heteroatoms. The fourth-order valence-corrected chi connectivity index (χ4v) is 6.15. The van der Waals surface area contributed by atoms with Crippen molar-refractivity contribution in [1.29, 1.82) is 0 Å². The van der Waals surface area contributed by atoms with Crippen LogP contribution in [0, 0.1) is 5.41 Å². The minimum absolute atomic E-state index is 0.0304. The molecule has 0 amide bonds. The van der Waals surface area contributed by atoms with Crippen LogP contribution in [0.1, 0.15) is 32.4 Å². The first kappa shape index (κ1) is 22.0. The molecule has 154 valence electrons. The van der Waals surface area contributed by atoms with Gasteiger partial charge in [0.2, 0.25) is 10.0 Å². The molecule has 29 heavy (non-hydrogen) atoms. The van der Waals surface area contributed by atoms with Gasteiger partial charge in [0.25, 0.3) is 0 Å². The Labute approximate surface area is 184 Å². The fraction of sp³-hybridized carbons (Fsp3) is 0.286. The molecule has 1 N–H and O–H groups in total. The first-order chi connectivity index (χ1) is 13.4. The molecule has 2 aromatic rings. The van der Waals surface area contributed by atoms with Gasteiger partial charge < -0.3 is 5.11 Å². The summed E-state index contributed by atoms with van der Waals surface area (Å²) in [6, 6.07) is 11.6. The Balaban J connectivity index is 2.27. The molecule has 2 atom stereocenters. The Kier molecular flexibility index (Phi) is 5.98. The van der Waals surface area contributed by atoms with Gasteiger partial charge in [-0.2, -0.15) is 4.31 Å². The van der Waals surface area contributed by atoms with Crippen LogP contribution in [0.4, 0.5) is 0 Å². The maximum atomic E-state index is 13.7. The molecule has 0 radical (unpaired) electrons. The molecule has 3 rings (SSSR count). The summed E-state index contributed by atoms with van der Waals surface area (Å²) in [7, 11) is -4.10. The minimum Gasteiger partial charge on any atom is -0.478 e. The zero-order valence-corrected chi connectivity index (χ0v) is 19.3. The Morgan fingerprint density at radius 2 is 1.69 bits per heavy atom. The topological polar surface area (TPSA) is 74.7 Å². The van der Waals surface area contributed by atoms with Crippen molar-refractivity contribution in [3.05, 3.63) is 75.2 Å². The first-order valence-electron chi connectivity index (χ1n) is 8.93. The van der Waals surface area contributed by atoms with E-state index in [1.807, 2.05) is 20.8 Å². The highest BCUT2D eigenvalue weighted by Crippen LogP contribution is 2.46. The molecular formula is C21H21BrClNO4S. The lowest BCUT2D eigenvalue weighted by Gasteiger charge is -2.37. The molecule has 0 saturated carbocycles. The molecule has 0 spiro atoms. The average molecular weight is 499 g/mol. The first-order valence-corrected chi connectivity index (χ1v) is 11.5. The normalized spacial score (nSPS) is 20.5. The van der Waals surface area contributed by atoms with Gasteiger partial charge in [-0.1, -0.05) is 78.6 Å². The number of nitrogens with zero attached hydrogens (tertiary/aromatic N) is 1. The van der Waals surface area contributed by atoms with Crippen molar-refractivity contribution in [2.75, 3.05) is 0 Å². The second-order valence-electron chi connectivity index (χ2n) is 7.96. The van der Waals surface area contributed by atoms with E-state index in [0.29, 0.717) is 5.56 Å². The Morgan fingerprint density at radius 3 is 2.21 bits per heavy atom. The molecule has 1 aliphatic rings. The molecule has 1 heterocycles. The summed E-state index contributed by atoms with van der Waals surface area (Å²) >= 11 is 9.58. The van der Waals surface area contributed by atoms with Gasteiger partial charge >= 0.3 is 5.97 Å². The van der Waals surface area contributed by atoms with E-state index in [-0.39, 0.29) is 15.5 Å². The van der Waals surface area contributed by atoms with Crippen LogP contribution in [0.15, 0.2) is 69.5 Å². The van der Waals surface area contributed by atoms with Crippen molar-refractivity contribution in [1.82, 2.24) is 4.31 Å². The molecule has 5 nitrogen and oxygen atoms in total. The summed E-state index contributed by atoms with van der Waals surface area (Å²) in [5.41, 5.74) is 0.0613. The average Bonchev–Trinajstić information content (AvgIpc) is 3.04. The number of benzene rings is 2. The SMILES string of the molecule is CC(C)(C)[C@@H]1C=C(C(=O)O)C(c2ccc(Br)cc2)N1S(=O)(=O)c1ccccc1Cl. The van der Waals surface area contributed by atoms with Crippen molar-refractivity contribution >= 4 is 43.5 Å². The lowest BCUT2D eigenvalue weighted by atomic mass is 9.87. The summed E-state index contributed by atoms with van der Waals surface area (Å²) in [5.74, 6) is -1.15. The molecule has 1 aliphatic heterocycles. The standard InChI is InChI=1S/C21H21BrClNO4S/c1-21(2,3)18-12-15(20(25)26)19(13-8-10-14(22)11-9-13)24(18)29(27,28)17-7-5-4-6-16(17)23/h4-12,18-19H,1-3H3,(H,25,26)/t18-,19?/m0/s1. The van der Waals surface area contributed by atoms with Gasteiger partial charge in [0, 0.05) is 10.5 Å². The van der Waals surface area contributed by atoms with Gasteiger partial charge in [-0.05, 0) is 35.2 Å². The highest BCUT2D eigenvalue weighted by Gasteiger charge is 2.49. The molecule has 0 aromatic heterocycles. The van der Waals surface area contributed by atoms with E-state index in [0.717, 1.165) is 4.47 Å². The van der Waals surface area contributed by atoms with E-state index in [1.54, 1.807) is 42.5 Å². The molecule has 0 aliphatic carbocycles. The van der Waals surface area contributed by atoms with Crippen molar-refractivity contribution in [3.63, 3.8) is 0 Å². The maximum absolute atomic E-state index is 13.7. The summed E-state index contributed by atoms with van der Waals surface area (Å²) in [5, 5.41) is 9.96. The highest BCUT2D eigenvalue weighted by molar-refractivity contribution is 9.10. The van der Waals surface area contributed by atoms with Crippen molar-refractivity contribution in [3.8, 4) is 0 Å². The third-order valence-electron chi connectivity index (χ3n) is 4.87. The highest BCUT2D eigenvalue weighted by atomic mass is 79.9. The zero-order chi connectivity index (χ0) is 21.6. The molecule has 0 bridgehead atoms. The maximum Gasteiger partial charge on any atom is 0.333 e. The quantitative estimate of drug-likeness (QED) is 0.623. The molecule has 1 unspecified atom stereocenters. The largest absolute Gasteiger partial charge is 0.478 e. The minimum atomic E-state index is -4.10. The van der Waals surface area contributed by atoms with Crippen LogP contribution < -0.4 is 0 Å². The second-order valence-corrected chi connectivity index (χ2v) is 11.1. The van der Waals surface area contributed by atoms with Crippen LogP contribution in [0.25, 0.3) is 0 Å². The van der Waals surface area contributed by atoms with E-state index in [4.69, 9.17) is 11.6 Å². The van der Waals surface area contributed by atoms with E-state index < -0.39 is 33.5 Å². The number of carboxylic acids is 1. The smallest absolute Gasteiger partial charge is 0.333 e. The Hall–Kier alpha value is -1.67. The second kappa shape index (κ2) is 7.87. The molecule has 2 aromatic carbocycles. The number of aliphatic carboxylic acids is 1. The van der Waals surface area contributed by atoms with Crippen molar-refractivity contribution in [2.45, 2.75) is 37.8 Å². The van der Waals surface area contributed by atoms with E-state index in [9.17, 15) is 18.3 Å². The number of carbonyl (C=O) groups is 1. The van der Waals surface area contributed by atoms with Gasteiger partial charge in [0.05, 0.1) is 16.6 Å². The number of hydrogen-bond donors (Lipinski definition) is 1. The van der Waals surface area contributed by atoms with Gasteiger partial charge in [0.1, 0.15) is 4.90 Å². The fourth-order valence-electron chi connectivity index (χ4n) is 3.48. The van der Waals surface area contributed by atoms with Crippen molar-refractivity contribution in [2.24, 2.45) is 5.41 Å².